The molecule has 4 rings (SSSR count). The fraction of sp³-hybridized carbons (Fsp3) is 0.261. The van der Waals surface area contributed by atoms with E-state index in [4.69, 9.17) is 0 Å². The summed E-state index contributed by atoms with van der Waals surface area (Å²) in [6, 6.07) is 4.41. The Hall–Kier alpha value is -3.52. The van der Waals surface area contributed by atoms with Crippen LogP contribution >= 0.6 is 0 Å². The molecule has 0 radical (unpaired) electrons. The van der Waals surface area contributed by atoms with E-state index in [1.807, 2.05) is 0 Å². The van der Waals surface area contributed by atoms with Crippen LogP contribution in [0, 0.1) is 17.5 Å². The van der Waals surface area contributed by atoms with Crippen molar-refractivity contribution in [3.8, 4) is 11.1 Å². The van der Waals surface area contributed by atoms with Gasteiger partial charge >= 0.3 is 6.18 Å². The van der Waals surface area contributed by atoms with Gasteiger partial charge in [-0.15, -0.1) is 0 Å². The molecule has 0 bridgehead atoms. The maximum Gasteiger partial charge on any atom is 0.433 e. The van der Waals surface area contributed by atoms with Crippen molar-refractivity contribution in [3.63, 3.8) is 0 Å². The number of hydrogen-bond donors (Lipinski definition) is 1. The van der Waals surface area contributed by atoms with Gasteiger partial charge in [0.25, 0.3) is 0 Å². The van der Waals surface area contributed by atoms with Crippen molar-refractivity contribution < 1.29 is 39.6 Å². The summed E-state index contributed by atoms with van der Waals surface area (Å²) in [6.45, 7) is -0.515. The summed E-state index contributed by atoms with van der Waals surface area (Å²) in [4.78, 5) is 19.4. The van der Waals surface area contributed by atoms with Gasteiger partial charge in [-0.25, -0.2) is 21.6 Å². The van der Waals surface area contributed by atoms with Crippen LogP contribution < -0.4 is 5.32 Å². The topological polar surface area (TPSA) is 92.3 Å². The first-order chi connectivity index (χ1) is 17.4. The van der Waals surface area contributed by atoms with Crippen molar-refractivity contribution in [1.29, 1.82) is 0 Å². The van der Waals surface area contributed by atoms with Crippen molar-refractivity contribution in [2.45, 2.75) is 36.5 Å². The van der Waals surface area contributed by atoms with Gasteiger partial charge in [-0.1, -0.05) is 6.07 Å². The normalized spacial score (nSPS) is 16.6. The fourth-order valence-electron chi connectivity index (χ4n) is 3.92. The lowest BCUT2D eigenvalue weighted by molar-refractivity contribution is -0.141. The molecule has 1 saturated heterocycles. The average Bonchev–Trinajstić information content (AvgIpc) is 3.35. The molecule has 0 aliphatic carbocycles. The fourth-order valence-corrected chi connectivity index (χ4v) is 5.58. The number of carbonyl (C=O) groups is 1. The van der Waals surface area contributed by atoms with Gasteiger partial charge in [0.1, 0.15) is 17.6 Å². The number of aromatic nitrogens is 2. The quantitative estimate of drug-likeness (QED) is 0.473. The number of sulfonamides is 1. The number of nitrogens with one attached hydrogen (secondary N) is 1. The SMILES string of the molecule is O=C(NCc1ncc(F)c(-c2ccc(C(F)(F)F)nc2)c1F)[C@@H]1CCCN1S(=O)(=O)c1ccc(F)cc1. The smallest absolute Gasteiger partial charge is 0.349 e. The summed E-state index contributed by atoms with van der Waals surface area (Å²) in [5, 5.41) is 2.38. The maximum absolute atomic E-state index is 15.1. The highest BCUT2D eigenvalue weighted by molar-refractivity contribution is 7.89. The Balaban J connectivity index is 1.52. The van der Waals surface area contributed by atoms with Crippen LogP contribution in [0.15, 0.2) is 53.7 Å². The van der Waals surface area contributed by atoms with Crippen LogP contribution in [0.5, 0.6) is 0 Å². The number of nitrogens with zero attached hydrogens (tertiary/aromatic N) is 3. The number of alkyl halides is 3. The summed E-state index contributed by atoms with van der Waals surface area (Å²) in [7, 11) is -4.12. The van der Waals surface area contributed by atoms with Crippen LogP contribution in [-0.4, -0.2) is 41.2 Å². The lowest BCUT2D eigenvalue weighted by Gasteiger charge is -2.23. The first-order valence-corrected chi connectivity index (χ1v) is 12.2. The highest BCUT2D eigenvalue weighted by atomic mass is 32.2. The number of amides is 1. The van der Waals surface area contributed by atoms with Crippen molar-refractivity contribution in [2.24, 2.45) is 0 Å². The van der Waals surface area contributed by atoms with Crippen LogP contribution in [0.25, 0.3) is 11.1 Å². The van der Waals surface area contributed by atoms with Crippen LogP contribution in [0.1, 0.15) is 24.2 Å². The molecule has 1 aliphatic heterocycles. The molecule has 7 nitrogen and oxygen atoms in total. The molecule has 1 amide bonds. The predicted octanol–water partition coefficient (Wildman–Crippen LogP) is 4.05. The zero-order valence-corrected chi connectivity index (χ0v) is 19.6. The summed E-state index contributed by atoms with van der Waals surface area (Å²) >= 11 is 0. The van der Waals surface area contributed by atoms with Gasteiger partial charge in [0, 0.05) is 18.3 Å². The molecular formula is C23H18F6N4O3S. The molecule has 1 N–H and O–H groups in total. The zero-order chi connectivity index (χ0) is 27.0. The summed E-state index contributed by atoms with van der Waals surface area (Å²) < 4.78 is 108. The first-order valence-electron chi connectivity index (χ1n) is 10.8. The van der Waals surface area contributed by atoms with Crippen molar-refractivity contribution in [3.05, 3.63) is 77.6 Å². The van der Waals surface area contributed by atoms with Crippen LogP contribution in [-0.2, 0) is 27.5 Å². The van der Waals surface area contributed by atoms with Gasteiger partial charge in [0.15, 0.2) is 11.6 Å². The Kier molecular flexibility index (Phi) is 7.24. The Morgan fingerprint density at radius 2 is 1.73 bits per heavy atom. The molecular weight excluding hydrogens is 526 g/mol. The highest BCUT2D eigenvalue weighted by Gasteiger charge is 2.39. The van der Waals surface area contributed by atoms with E-state index >= 15 is 4.39 Å². The molecule has 0 unspecified atom stereocenters. The van der Waals surface area contributed by atoms with E-state index in [0.717, 1.165) is 34.6 Å². The van der Waals surface area contributed by atoms with E-state index in [0.29, 0.717) is 24.9 Å². The number of rotatable bonds is 6. The number of benzene rings is 1. The molecule has 1 aromatic carbocycles. The summed E-state index contributed by atoms with van der Waals surface area (Å²) in [6.07, 6.45) is -2.87. The van der Waals surface area contributed by atoms with Crippen LogP contribution in [0.3, 0.4) is 0 Å². The van der Waals surface area contributed by atoms with E-state index in [9.17, 15) is 35.2 Å². The maximum atomic E-state index is 15.1. The Morgan fingerprint density at radius 3 is 2.35 bits per heavy atom. The molecule has 196 valence electrons. The molecule has 3 heterocycles. The third-order valence-corrected chi connectivity index (χ3v) is 7.67. The average molecular weight is 544 g/mol. The minimum absolute atomic E-state index is 0.0338. The van der Waals surface area contributed by atoms with Crippen LogP contribution in [0.4, 0.5) is 26.3 Å². The third kappa shape index (κ3) is 5.44. The Bertz CT molecular complexity index is 1410. The van der Waals surface area contributed by atoms with Gasteiger partial charge in [-0.3, -0.25) is 14.8 Å². The second kappa shape index (κ2) is 10.1. The Labute approximate surface area is 207 Å². The lowest BCUT2D eigenvalue weighted by Crippen LogP contribution is -2.45. The minimum Gasteiger partial charge on any atom is -0.349 e. The van der Waals surface area contributed by atoms with Gasteiger partial charge in [0.2, 0.25) is 15.9 Å². The number of pyridine rings is 2. The molecule has 14 heteroatoms. The van der Waals surface area contributed by atoms with E-state index in [1.165, 1.54) is 0 Å². The molecule has 1 aliphatic rings. The van der Waals surface area contributed by atoms with Crippen LogP contribution in [0.2, 0.25) is 0 Å². The number of hydrogen-bond acceptors (Lipinski definition) is 5. The molecule has 37 heavy (non-hydrogen) atoms. The van der Waals surface area contributed by atoms with E-state index in [-0.39, 0.29) is 23.4 Å². The molecule has 0 spiro atoms. The highest BCUT2D eigenvalue weighted by Crippen LogP contribution is 2.31. The first kappa shape index (κ1) is 26.5. The zero-order valence-electron chi connectivity index (χ0n) is 18.8. The Morgan fingerprint density at radius 1 is 1.03 bits per heavy atom. The number of carbonyl (C=O) groups excluding carboxylic acids is 1. The minimum atomic E-state index is -4.73. The third-order valence-electron chi connectivity index (χ3n) is 5.74. The van der Waals surface area contributed by atoms with Gasteiger partial charge in [-0.2, -0.15) is 17.5 Å². The standard InChI is InChI=1S/C23H18F6N4O3S/c24-14-4-6-15(7-5-14)37(35,36)33-9-1-2-18(33)22(34)32-12-17-21(26)20(16(25)11-30-17)13-3-8-19(31-10-13)23(27,28)29/h3-8,10-11,18H,1-2,9,12H2,(H,32,34)/t18-/m0/s1. The second-order valence-corrected chi connectivity index (χ2v) is 10.0. The second-order valence-electron chi connectivity index (χ2n) is 8.12. The number of halogens is 6. The molecule has 2 aromatic heterocycles. The van der Waals surface area contributed by atoms with Gasteiger partial charge < -0.3 is 5.32 Å². The van der Waals surface area contributed by atoms with Crippen molar-refractivity contribution in [2.75, 3.05) is 6.54 Å². The molecule has 1 atom stereocenters. The predicted molar refractivity (Wildman–Crippen MR) is 118 cm³/mol. The summed E-state index contributed by atoms with van der Waals surface area (Å²) in [5.74, 6) is -3.76. The van der Waals surface area contributed by atoms with Crippen molar-refractivity contribution >= 4 is 15.9 Å². The van der Waals surface area contributed by atoms with Gasteiger partial charge in [-0.05, 0) is 43.2 Å². The van der Waals surface area contributed by atoms with E-state index < -0.39 is 69.1 Å². The van der Waals surface area contributed by atoms with E-state index in [1.54, 1.807) is 0 Å². The summed E-state index contributed by atoms with van der Waals surface area (Å²) in [5.41, 5.74) is -2.61. The monoisotopic (exact) mass is 544 g/mol. The molecule has 0 saturated carbocycles. The van der Waals surface area contributed by atoms with E-state index in [2.05, 4.69) is 15.3 Å². The lowest BCUT2D eigenvalue weighted by atomic mass is 10.1. The van der Waals surface area contributed by atoms with Crippen molar-refractivity contribution in [1.82, 2.24) is 19.6 Å². The largest absolute Gasteiger partial charge is 0.433 e. The molecule has 3 aromatic rings. The molecule has 1 fully saturated rings. The van der Waals surface area contributed by atoms with Gasteiger partial charge in [0.05, 0.1) is 28.9 Å².